The Bertz CT molecular complexity index is 3690. The number of pyridine rings is 2. The lowest BCUT2D eigenvalue weighted by atomic mass is 9.83. The third-order valence-electron chi connectivity index (χ3n) is 13.1. The number of aromatic nitrogens is 3. The van der Waals surface area contributed by atoms with Gasteiger partial charge in [-0.05, 0) is 160 Å². The van der Waals surface area contributed by atoms with Crippen LogP contribution in [0.3, 0.4) is 0 Å². The molecule has 9 aromatic carbocycles. The second kappa shape index (κ2) is 15.3. The number of hydrogen-bond acceptors (Lipinski definition) is 2. The molecule has 3 nitrogen and oxygen atoms in total. The van der Waals surface area contributed by atoms with Gasteiger partial charge in [0.2, 0.25) is 0 Å². The molecule has 0 fully saturated rings. The standard InChI is InChI=1S/C61H43N3/c1-39(2)46-17-12-13-24-56(46)64-57-29-28-42(36-55(57)61-58(64)25-14-32-63-61)45-35-43-26-27-44(37-54(43)53(38-45)41-30-33-62-34-31-41)59-49-20-8-10-22-51(49)60(52-23-11-9-21-50(52)59)48-19-7-6-18-47(48)40-15-4-3-5-16-40/h3-39H,1-2H3. The molecule has 0 saturated carbocycles. The van der Waals surface area contributed by atoms with Crippen molar-refractivity contribution in [3.63, 3.8) is 0 Å². The summed E-state index contributed by atoms with van der Waals surface area (Å²) in [7, 11) is 0. The Morgan fingerprint density at radius 2 is 1.00 bits per heavy atom. The van der Waals surface area contributed by atoms with Crippen LogP contribution in [-0.4, -0.2) is 14.5 Å². The van der Waals surface area contributed by atoms with Crippen LogP contribution in [0.4, 0.5) is 0 Å². The molecule has 3 heterocycles. The molecule has 12 aromatic rings. The van der Waals surface area contributed by atoms with Gasteiger partial charge in [-0.1, -0.05) is 153 Å². The maximum atomic E-state index is 4.97. The summed E-state index contributed by atoms with van der Waals surface area (Å²) in [5.41, 5.74) is 17.8. The summed E-state index contributed by atoms with van der Waals surface area (Å²) in [6, 6.07) is 73.4. The summed E-state index contributed by atoms with van der Waals surface area (Å²) >= 11 is 0. The average Bonchev–Trinajstić information content (AvgIpc) is 3.69. The smallest absolute Gasteiger partial charge is 0.0963 e. The predicted molar refractivity (Wildman–Crippen MR) is 270 cm³/mol. The van der Waals surface area contributed by atoms with Crippen LogP contribution in [0.5, 0.6) is 0 Å². The quantitative estimate of drug-likeness (QED) is 0.150. The highest BCUT2D eigenvalue weighted by molar-refractivity contribution is 6.23. The fourth-order valence-electron chi connectivity index (χ4n) is 10.2. The molecule has 0 saturated heterocycles. The molecule has 64 heavy (non-hydrogen) atoms. The zero-order chi connectivity index (χ0) is 42.7. The van der Waals surface area contributed by atoms with E-state index in [1.54, 1.807) is 0 Å². The highest BCUT2D eigenvalue weighted by Gasteiger charge is 2.21. The van der Waals surface area contributed by atoms with Crippen molar-refractivity contribution in [1.82, 2.24) is 14.5 Å². The fraction of sp³-hybridized carbons (Fsp3) is 0.0492. The summed E-state index contributed by atoms with van der Waals surface area (Å²) < 4.78 is 2.39. The van der Waals surface area contributed by atoms with E-state index >= 15 is 0 Å². The van der Waals surface area contributed by atoms with Gasteiger partial charge in [0.1, 0.15) is 0 Å². The van der Waals surface area contributed by atoms with Crippen molar-refractivity contribution in [3.8, 4) is 61.3 Å². The van der Waals surface area contributed by atoms with E-state index in [0.717, 1.165) is 38.6 Å². The Balaban J connectivity index is 1.06. The molecular weight excluding hydrogens is 775 g/mol. The first kappa shape index (κ1) is 37.6. The van der Waals surface area contributed by atoms with Crippen molar-refractivity contribution >= 4 is 54.3 Å². The summed E-state index contributed by atoms with van der Waals surface area (Å²) in [5.74, 6) is 0.378. The molecule has 0 radical (unpaired) electrons. The average molecular weight is 818 g/mol. The van der Waals surface area contributed by atoms with Gasteiger partial charge in [-0.25, -0.2) is 0 Å². The van der Waals surface area contributed by atoms with Crippen molar-refractivity contribution in [3.05, 3.63) is 224 Å². The topological polar surface area (TPSA) is 30.7 Å². The van der Waals surface area contributed by atoms with Crippen molar-refractivity contribution in [2.24, 2.45) is 0 Å². The minimum absolute atomic E-state index is 0.378. The van der Waals surface area contributed by atoms with E-state index in [1.807, 2.05) is 24.7 Å². The van der Waals surface area contributed by atoms with E-state index in [9.17, 15) is 0 Å². The number of benzene rings is 9. The zero-order valence-electron chi connectivity index (χ0n) is 35.7. The third-order valence-corrected chi connectivity index (χ3v) is 13.1. The maximum Gasteiger partial charge on any atom is 0.0963 e. The van der Waals surface area contributed by atoms with Crippen LogP contribution in [0.2, 0.25) is 0 Å². The maximum absolute atomic E-state index is 4.97. The Kier molecular flexibility index (Phi) is 9.01. The normalized spacial score (nSPS) is 11.7. The van der Waals surface area contributed by atoms with Crippen LogP contribution in [0.15, 0.2) is 219 Å². The molecule has 3 aromatic heterocycles. The SMILES string of the molecule is CC(C)c1ccccc1-n1c2ccc(-c3cc(-c4ccncc4)c4cc(-c5c6ccccc6c(-c6ccccc6-c6ccccc6)c6ccccc56)ccc4c3)cc2c2ncccc21. The summed E-state index contributed by atoms with van der Waals surface area (Å²) in [4.78, 5) is 9.40. The molecule has 0 spiro atoms. The molecule has 0 N–H and O–H groups in total. The monoisotopic (exact) mass is 817 g/mol. The highest BCUT2D eigenvalue weighted by atomic mass is 15.0. The Morgan fingerprint density at radius 1 is 0.375 bits per heavy atom. The van der Waals surface area contributed by atoms with Crippen LogP contribution < -0.4 is 0 Å². The largest absolute Gasteiger partial charge is 0.307 e. The van der Waals surface area contributed by atoms with Crippen LogP contribution in [0.1, 0.15) is 25.3 Å². The highest BCUT2D eigenvalue weighted by Crippen LogP contribution is 2.47. The lowest BCUT2D eigenvalue weighted by molar-refractivity contribution is 0.854. The molecule has 3 heteroatoms. The molecule has 0 unspecified atom stereocenters. The van der Waals surface area contributed by atoms with E-state index in [4.69, 9.17) is 4.98 Å². The molecule has 0 aliphatic carbocycles. The van der Waals surface area contributed by atoms with Gasteiger partial charge in [0.05, 0.1) is 16.6 Å². The van der Waals surface area contributed by atoms with Gasteiger partial charge in [0.25, 0.3) is 0 Å². The van der Waals surface area contributed by atoms with Gasteiger partial charge < -0.3 is 4.57 Å². The fourth-order valence-corrected chi connectivity index (χ4v) is 10.2. The first-order chi connectivity index (χ1) is 31.6. The van der Waals surface area contributed by atoms with E-state index in [1.165, 1.54) is 82.5 Å². The lowest BCUT2D eigenvalue weighted by Crippen LogP contribution is -2.01. The molecule has 12 rings (SSSR count). The molecule has 0 aliphatic heterocycles. The second-order valence-corrected chi connectivity index (χ2v) is 17.1. The number of rotatable bonds is 7. The van der Waals surface area contributed by atoms with Crippen LogP contribution in [0.25, 0.3) is 116 Å². The van der Waals surface area contributed by atoms with E-state index in [2.05, 4.69) is 218 Å². The number of nitrogens with zero attached hydrogens (tertiary/aromatic N) is 3. The first-order valence-electron chi connectivity index (χ1n) is 22.2. The zero-order valence-corrected chi connectivity index (χ0v) is 35.7. The first-order valence-corrected chi connectivity index (χ1v) is 22.2. The van der Waals surface area contributed by atoms with E-state index in [0.29, 0.717) is 5.92 Å². The predicted octanol–water partition coefficient (Wildman–Crippen LogP) is 16.5. The van der Waals surface area contributed by atoms with Crippen LogP contribution in [0, 0.1) is 0 Å². The van der Waals surface area contributed by atoms with Gasteiger partial charge in [0, 0.05) is 29.7 Å². The molecule has 302 valence electrons. The van der Waals surface area contributed by atoms with Crippen molar-refractivity contribution in [2.45, 2.75) is 19.8 Å². The number of para-hydroxylation sites is 1. The summed E-state index contributed by atoms with van der Waals surface area (Å²) in [6.45, 7) is 4.53. The molecule has 0 atom stereocenters. The Hall–Kier alpha value is -8.14. The van der Waals surface area contributed by atoms with Crippen LogP contribution in [-0.2, 0) is 0 Å². The van der Waals surface area contributed by atoms with E-state index in [-0.39, 0.29) is 0 Å². The van der Waals surface area contributed by atoms with Crippen LogP contribution >= 0.6 is 0 Å². The van der Waals surface area contributed by atoms with Gasteiger partial charge in [-0.3, -0.25) is 9.97 Å². The second-order valence-electron chi connectivity index (χ2n) is 17.1. The number of fused-ring (bicyclic) bond motifs is 6. The van der Waals surface area contributed by atoms with Gasteiger partial charge in [0.15, 0.2) is 0 Å². The minimum atomic E-state index is 0.378. The van der Waals surface area contributed by atoms with Crippen molar-refractivity contribution in [2.75, 3.05) is 0 Å². The molecule has 0 aliphatic rings. The summed E-state index contributed by atoms with van der Waals surface area (Å²) in [6.07, 6.45) is 5.70. The summed E-state index contributed by atoms with van der Waals surface area (Å²) in [5, 5.41) is 8.47. The van der Waals surface area contributed by atoms with E-state index < -0.39 is 0 Å². The third kappa shape index (κ3) is 6.12. The molecular formula is C61H43N3. The van der Waals surface area contributed by atoms with Crippen molar-refractivity contribution in [1.29, 1.82) is 0 Å². The Morgan fingerprint density at radius 3 is 1.75 bits per heavy atom. The minimum Gasteiger partial charge on any atom is -0.307 e. The van der Waals surface area contributed by atoms with Crippen molar-refractivity contribution < 1.29 is 0 Å². The lowest BCUT2D eigenvalue weighted by Gasteiger charge is -2.20. The molecule has 0 bridgehead atoms. The van der Waals surface area contributed by atoms with Gasteiger partial charge in [-0.2, -0.15) is 0 Å². The number of hydrogen-bond donors (Lipinski definition) is 0. The van der Waals surface area contributed by atoms with Gasteiger partial charge in [-0.15, -0.1) is 0 Å². The van der Waals surface area contributed by atoms with Gasteiger partial charge >= 0.3 is 0 Å². The molecule has 0 amide bonds. The Labute approximate surface area is 372 Å².